The summed E-state index contributed by atoms with van der Waals surface area (Å²) in [5, 5.41) is 12.3. The second kappa shape index (κ2) is 10.3. The summed E-state index contributed by atoms with van der Waals surface area (Å²) in [4.78, 5) is 25.0. The maximum Gasteiger partial charge on any atom is 0.343 e. The van der Waals surface area contributed by atoms with E-state index >= 15 is 0 Å². The Balaban J connectivity index is 1.71. The third-order valence-electron chi connectivity index (χ3n) is 5.01. The van der Waals surface area contributed by atoms with E-state index in [2.05, 4.69) is 5.32 Å². The fourth-order valence-corrected chi connectivity index (χ4v) is 3.40. The third-order valence-corrected chi connectivity index (χ3v) is 5.01. The molecule has 0 bridgehead atoms. The van der Waals surface area contributed by atoms with Crippen molar-refractivity contribution < 1.29 is 19.1 Å². The summed E-state index contributed by atoms with van der Waals surface area (Å²) in [6.45, 7) is 5.82. The van der Waals surface area contributed by atoms with Gasteiger partial charge in [-0.25, -0.2) is 4.79 Å². The topological polar surface area (TPSA) is 88.4 Å². The molecule has 6 nitrogen and oxygen atoms in total. The maximum atomic E-state index is 12.7. The number of ether oxygens (including phenoxy) is 2. The largest absolute Gasteiger partial charge is 0.497 e. The second-order valence-electron chi connectivity index (χ2n) is 7.58. The van der Waals surface area contributed by atoms with Crippen LogP contribution < -0.4 is 14.8 Å². The van der Waals surface area contributed by atoms with Crippen LogP contribution in [0, 0.1) is 32.1 Å². The number of amides is 1. The van der Waals surface area contributed by atoms with Crippen molar-refractivity contribution in [3.8, 4) is 17.6 Å². The van der Waals surface area contributed by atoms with Gasteiger partial charge in [0, 0.05) is 5.69 Å². The smallest absolute Gasteiger partial charge is 0.343 e. The summed E-state index contributed by atoms with van der Waals surface area (Å²) < 4.78 is 10.5. The molecule has 33 heavy (non-hydrogen) atoms. The molecule has 3 aromatic carbocycles. The molecule has 0 aliphatic rings. The fourth-order valence-electron chi connectivity index (χ4n) is 3.40. The van der Waals surface area contributed by atoms with Gasteiger partial charge in [0.05, 0.1) is 12.7 Å². The van der Waals surface area contributed by atoms with Crippen LogP contribution in [-0.2, 0) is 4.79 Å². The molecule has 0 unspecified atom stereocenters. The molecule has 0 aliphatic carbocycles. The number of hydrogen-bond donors (Lipinski definition) is 1. The first-order chi connectivity index (χ1) is 15.8. The zero-order valence-electron chi connectivity index (χ0n) is 18.9. The molecule has 0 saturated heterocycles. The quantitative estimate of drug-likeness (QED) is 0.240. The van der Waals surface area contributed by atoms with Crippen LogP contribution in [0.25, 0.3) is 6.08 Å². The van der Waals surface area contributed by atoms with Crippen LogP contribution in [0.1, 0.15) is 32.6 Å². The zero-order valence-corrected chi connectivity index (χ0v) is 18.9. The number of hydrogen-bond acceptors (Lipinski definition) is 5. The molecule has 3 rings (SSSR count). The molecule has 0 atom stereocenters. The summed E-state index contributed by atoms with van der Waals surface area (Å²) in [5.74, 6) is 0.0130. The number of rotatable bonds is 6. The Morgan fingerprint density at radius 3 is 2.03 bits per heavy atom. The van der Waals surface area contributed by atoms with Gasteiger partial charge in [-0.05, 0) is 79.9 Å². The van der Waals surface area contributed by atoms with E-state index in [1.54, 1.807) is 55.6 Å². The zero-order chi connectivity index (χ0) is 24.0. The van der Waals surface area contributed by atoms with Gasteiger partial charge in [0.25, 0.3) is 5.91 Å². The maximum absolute atomic E-state index is 12.7. The van der Waals surface area contributed by atoms with Crippen LogP contribution in [0.2, 0.25) is 0 Å². The summed E-state index contributed by atoms with van der Waals surface area (Å²) in [6, 6.07) is 19.1. The van der Waals surface area contributed by atoms with Crippen molar-refractivity contribution in [3.05, 3.63) is 94.1 Å². The first kappa shape index (κ1) is 23.3. The molecule has 0 aromatic heterocycles. The predicted octanol–water partition coefficient (Wildman–Crippen LogP) is 5.39. The van der Waals surface area contributed by atoms with Crippen molar-refractivity contribution in [2.24, 2.45) is 0 Å². The van der Waals surface area contributed by atoms with Crippen LogP contribution in [0.4, 0.5) is 5.69 Å². The van der Waals surface area contributed by atoms with Crippen LogP contribution >= 0.6 is 0 Å². The van der Waals surface area contributed by atoms with Gasteiger partial charge >= 0.3 is 5.97 Å². The fraction of sp³-hybridized carbons (Fsp3) is 0.148. The normalized spacial score (nSPS) is 10.8. The van der Waals surface area contributed by atoms with E-state index in [0.29, 0.717) is 28.3 Å². The van der Waals surface area contributed by atoms with E-state index < -0.39 is 11.9 Å². The van der Waals surface area contributed by atoms with Crippen molar-refractivity contribution >= 4 is 23.6 Å². The Morgan fingerprint density at radius 2 is 1.48 bits per heavy atom. The van der Waals surface area contributed by atoms with Crippen LogP contribution in [0.5, 0.6) is 11.5 Å². The number of methoxy groups -OCH3 is 1. The van der Waals surface area contributed by atoms with Crippen LogP contribution in [-0.4, -0.2) is 19.0 Å². The molecule has 0 saturated carbocycles. The Hall–Kier alpha value is -4.37. The van der Waals surface area contributed by atoms with Gasteiger partial charge in [-0.3, -0.25) is 4.79 Å². The highest BCUT2D eigenvalue weighted by Gasteiger charge is 2.13. The van der Waals surface area contributed by atoms with E-state index in [-0.39, 0.29) is 5.57 Å². The standard InChI is InChI=1S/C27H24N2O4/c1-17-13-18(2)25(19(3)14-17)29-26(30)22(16-28)15-20-5-9-24(10-6-20)33-27(31)21-7-11-23(32-4)12-8-21/h5-15H,1-4H3,(H,29,30)/b22-15-. The van der Waals surface area contributed by atoms with Crippen molar-refractivity contribution in [2.75, 3.05) is 12.4 Å². The molecule has 0 radical (unpaired) electrons. The van der Waals surface area contributed by atoms with Gasteiger partial charge in [0.15, 0.2) is 0 Å². The highest BCUT2D eigenvalue weighted by atomic mass is 16.5. The molecular formula is C27H24N2O4. The van der Waals surface area contributed by atoms with E-state index in [1.807, 2.05) is 39.0 Å². The Labute approximate surface area is 193 Å². The highest BCUT2D eigenvalue weighted by molar-refractivity contribution is 6.10. The number of nitrogens with one attached hydrogen (secondary N) is 1. The first-order valence-corrected chi connectivity index (χ1v) is 10.3. The molecule has 3 aromatic rings. The minimum absolute atomic E-state index is 0.0302. The van der Waals surface area contributed by atoms with Gasteiger partial charge in [0.2, 0.25) is 0 Å². The van der Waals surface area contributed by atoms with Gasteiger partial charge in [-0.2, -0.15) is 5.26 Å². The van der Waals surface area contributed by atoms with Gasteiger partial charge in [-0.15, -0.1) is 0 Å². The first-order valence-electron chi connectivity index (χ1n) is 10.3. The number of aryl methyl sites for hydroxylation is 3. The molecule has 0 fully saturated rings. The molecule has 1 amide bonds. The lowest BCUT2D eigenvalue weighted by Crippen LogP contribution is -2.15. The van der Waals surface area contributed by atoms with Crippen molar-refractivity contribution in [3.63, 3.8) is 0 Å². The van der Waals surface area contributed by atoms with Gasteiger partial charge in [-0.1, -0.05) is 29.8 Å². The minimum atomic E-state index is -0.498. The summed E-state index contributed by atoms with van der Waals surface area (Å²) in [6.07, 6.45) is 1.49. The minimum Gasteiger partial charge on any atom is -0.497 e. The summed E-state index contributed by atoms with van der Waals surface area (Å²) >= 11 is 0. The molecule has 0 aliphatic heterocycles. The SMILES string of the molecule is COc1ccc(C(=O)Oc2ccc(/C=C(/C#N)C(=O)Nc3c(C)cc(C)cc3C)cc2)cc1. The second-order valence-corrected chi connectivity index (χ2v) is 7.58. The number of nitrogens with zero attached hydrogens (tertiary/aromatic N) is 1. The highest BCUT2D eigenvalue weighted by Crippen LogP contribution is 2.23. The molecule has 6 heteroatoms. The average molecular weight is 440 g/mol. The summed E-state index contributed by atoms with van der Waals surface area (Å²) in [7, 11) is 1.55. The lowest BCUT2D eigenvalue weighted by molar-refractivity contribution is -0.112. The van der Waals surface area contributed by atoms with Gasteiger partial charge < -0.3 is 14.8 Å². The molecule has 0 heterocycles. The van der Waals surface area contributed by atoms with E-state index in [4.69, 9.17) is 9.47 Å². The lowest BCUT2D eigenvalue weighted by atomic mass is 10.0. The number of benzene rings is 3. The monoisotopic (exact) mass is 440 g/mol. The van der Waals surface area contributed by atoms with Gasteiger partial charge in [0.1, 0.15) is 23.1 Å². The number of esters is 1. The van der Waals surface area contributed by atoms with Crippen LogP contribution in [0.15, 0.2) is 66.2 Å². The number of nitriles is 1. The Bertz CT molecular complexity index is 1230. The summed E-state index contributed by atoms with van der Waals surface area (Å²) in [5.41, 5.74) is 4.66. The predicted molar refractivity (Wildman–Crippen MR) is 127 cm³/mol. The average Bonchev–Trinajstić information content (AvgIpc) is 2.80. The van der Waals surface area contributed by atoms with E-state index in [9.17, 15) is 14.9 Å². The van der Waals surface area contributed by atoms with Crippen molar-refractivity contribution in [2.45, 2.75) is 20.8 Å². The number of carbonyl (C=O) groups excluding carboxylic acids is 2. The molecule has 0 spiro atoms. The van der Waals surface area contributed by atoms with E-state index in [1.165, 1.54) is 6.08 Å². The van der Waals surface area contributed by atoms with E-state index in [0.717, 1.165) is 16.7 Å². The van der Waals surface area contributed by atoms with Crippen molar-refractivity contribution in [1.29, 1.82) is 5.26 Å². The number of carbonyl (C=O) groups is 2. The Morgan fingerprint density at radius 1 is 0.909 bits per heavy atom. The molecular weight excluding hydrogens is 416 g/mol. The Kier molecular flexibility index (Phi) is 7.27. The third kappa shape index (κ3) is 5.86. The molecule has 166 valence electrons. The lowest BCUT2D eigenvalue weighted by Gasteiger charge is -2.12. The van der Waals surface area contributed by atoms with Crippen LogP contribution in [0.3, 0.4) is 0 Å². The number of anilines is 1. The van der Waals surface area contributed by atoms with Crippen molar-refractivity contribution in [1.82, 2.24) is 0 Å². The molecule has 1 N–H and O–H groups in total.